The largest absolute Gasteiger partial charge is 0.454 e. The summed E-state index contributed by atoms with van der Waals surface area (Å²) in [7, 11) is 0. The summed E-state index contributed by atoms with van der Waals surface area (Å²) in [4.78, 5) is 4.92. The highest BCUT2D eigenvalue weighted by Gasteiger charge is 2.29. The van der Waals surface area contributed by atoms with Gasteiger partial charge in [-0.3, -0.25) is 0 Å². The van der Waals surface area contributed by atoms with E-state index >= 15 is 0 Å². The number of anilines is 6. The number of fused-ring (bicyclic) bond motifs is 6. The van der Waals surface area contributed by atoms with Crippen LogP contribution in [0, 0.1) is 6.92 Å². The smallest absolute Gasteiger partial charge is 0.159 e. The van der Waals surface area contributed by atoms with Gasteiger partial charge in [-0.2, -0.15) is 0 Å². The van der Waals surface area contributed by atoms with Gasteiger partial charge < -0.3 is 18.6 Å². The topological polar surface area (TPSA) is 32.8 Å². The fourth-order valence-corrected chi connectivity index (χ4v) is 11.3. The van der Waals surface area contributed by atoms with Crippen molar-refractivity contribution in [2.75, 3.05) is 9.80 Å². The van der Waals surface area contributed by atoms with E-state index < -0.39 is 0 Å². The molecule has 14 rings (SSSR count). The van der Waals surface area contributed by atoms with Gasteiger partial charge in [-0.1, -0.05) is 196 Å². The van der Waals surface area contributed by atoms with Gasteiger partial charge in [0, 0.05) is 49.1 Å². The molecule has 2 heterocycles. The number of benzene rings is 12. The first-order valence-electron chi connectivity index (χ1n) is 24.9. The van der Waals surface area contributed by atoms with Crippen LogP contribution in [0.15, 0.2) is 239 Å². The van der Waals surface area contributed by atoms with Crippen LogP contribution < -0.4 is 9.80 Å². The summed E-state index contributed by atoms with van der Waals surface area (Å²) >= 11 is 0. The summed E-state index contributed by atoms with van der Waals surface area (Å²) < 4.78 is 14.0. The van der Waals surface area contributed by atoms with Crippen molar-refractivity contribution in [1.29, 1.82) is 0 Å². The predicted molar refractivity (Wildman–Crippen MR) is 304 cm³/mol. The predicted octanol–water partition coefficient (Wildman–Crippen LogP) is 20.1. The van der Waals surface area contributed by atoms with Crippen LogP contribution in [0.4, 0.5) is 34.1 Å². The van der Waals surface area contributed by atoms with Crippen LogP contribution in [-0.4, -0.2) is 0 Å². The van der Waals surface area contributed by atoms with Crippen molar-refractivity contribution >= 4 is 110 Å². The second kappa shape index (κ2) is 16.5. The molecule has 14 aromatic rings. The molecule has 342 valence electrons. The number of para-hydroxylation sites is 4. The number of aryl methyl sites for hydroxylation is 1. The molecule has 0 aliphatic carbocycles. The van der Waals surface area contributed by atoms with Crippen molar-refractivity contribution < 1.29 is 8.83 Å². The number of nitrogens with zero attached hydrogens (tertiary/aromatic N) is 2. The van der Waals surface area contributed by atoms with Crippen LogP contribution in [-0.2, 0) is 0 Å². The summed E-state index contributed by atoms with van der Waals surface area (Å²) in [5.41, 5.74) is 16.4. The first kappa shape index (κ1) is 41.8. The lowest BCUT2D eigenvalue weighted by Crippen LogP contribution is -2.15. The van der Waals surface area contributed by atoms with Crippen LogP contribution in [0.3, 0.4) is 0 Å². The van der Waals surface area contributed by atoms with E-state index in [4.69, 9.17) is 8.83 Å². The third-order valence-electron chi connectivity index (χ3n) is 14.9. The van der Waals surface area contributed by atoms with Gasteiger partial charge in [-0.15, -0.1) is 0 Å². The van der Waals surface area contributed by atoms with Crippen LogP contribution in [0.1, 0.15) is 30.9 Å². The summed E-state index contributed by atoms with van der Waals surface area (Å²) in [5, 5.41) is 11.5. The maximum atomic E-state index is 7.01. The summed E-state index contributed by atoms with van der Waals surface area (Å²) in [6.45, 7) is 6.79. The molecular formula is C68H48N2O2. The first-order valence-corrected chi connectivity index (χ1v) is 24.9. The molecular weight excluding hydrogens is 877 g/mol. The van der Waals surface area contributed by atoms with Crippen molar-refractivity contribution in [3.8, 4) is 22.3 Å². The van der Waals surface area contributed by atoms with Crippen molar-refractivity contribution in [3.63, 3.8) is 0 Å². The Hall–Kier alpha value is -9.12. The van der Waals surface area contributed by atoms with E-state index in [1.807, 2.05) is 0 Å². The van der Waals surface area contributed by atoms with Crippen LogP contribution >= 0.6 is 0 Å². The highest BCUT2D eigenvalue weighted by Crippen LogP contribution is 2.54. The van der Waals surface area contributed by atoms with Crippen molar-refractivity contribution in [2.45, 2.75) is 26.7 Å². The monoisotopic (exact) mass is 924 g/mol. The Bertz CT molecular complexity index is 4370. The second-order valence-corrected chi connectivity index (χ2v) is 19.5. The van der Waals surface area contributed by atoms with E-state index in [0.717, 1.165) is 117 Å². The minimum Gasteiger partial charge on any atom is -0.454 e. The molecule has 0 fully saturated rings. The van der Waals surface area contributed by atoms with E-state index in [2.05, 4.69) is 261 Å². The van der Waals surface area contributed by atoms with E-state index in [-0.39, 0.29) is 0 Å². The molecule has 2 aromatic heterocycles. The van der Waals surface area contributed by atoms with Gasteiger partial charge in [-0.05, 0) is 111 Å². The summed E-state index contributed by atoms with van der Waals surface area (Å²) in [6, 6.07) is 83.7. The van der Waals surface area contributed by atoms with E-state index in [1.165, 1.54) is 27.1 Å². The highest BCUT2D eigenvalue weighted by atomic mass is 16.3. The number of hydrogen-bond donors (Lipinski definition) is 0. The normalized spacial score (nSPS) is 11.9. The van der Waals surface area contributed by atoms with E-state index in [1.54, 1.807) is 0 Å². The number of hydrogen-bond acceptors (Lipinski definition) is 4. The SMILES string of the molecule is Cc1ccc(-c2ccccc2)cc1N(c1cc(N(c2cccc(-c3ccccc3)c2)c2cccc3c2oc2ccccc23)c2ccc3cc(C(C)C)cc4ccc1c2c34)c1cccc2c1oc1ccccc12. The Balaban J connectivity index is 1.15. The molecule has 0 spiro atoms. The Morgan fingerprint density at radius 1 is 0.333 bits per heavy atom. The molecule has 0 amide bonds. The molecule has 4 heteroatoms. The Labute approximate surface area is 417 Å². The zero-order chi connectivity index (χ0) is 48.0. The maximum absolute atomic E-state index is 7.01. The van der Waals surface area contributed by atoms with Gasteiger partial charge in [0.25, 0.3) is 0 Å². The molecule has 0 bridgehead atoms. The van der Waals surface area contributed by atoms with E-state index in [0.29, 0.717) is 5.92 Å². The van der Waals surface area contributed by atoms with Crippen molar-refractivity contribution in [3.05, 3.63) is 242 Å². The first-order chi connectivity index (χ1) is 35.4. The molecule has 0 atom stereocenters. The molecule has 4 nitrogen and oxygen atoms in total. The zero-order valence-corrected chi connectivity index (χ0v) is 40.2. The molecule has 72 heavy (non-hydrogen) atoms. The highest BCUT2D eigenvalue weighted by molar-refractivity contribution is 6.30. The third-order valence-corrected chi connectivity index (χ3v) is 14.9. The van der Waals surface area contributed by atoms with Crippen LogP contribution in [0.5, 0.6) is 0 Å². The molecule has 0 unspecified atom stereocenters. The van der Waals surface area contributed by atoms with Gasteiger partial charge in [0.1, 0.15) is 11.2 Å². The average Bonchev–Trinajstić information content (AvgIpc) is 4.01. The van der Waals surface area contributed by atoms with Gasteiger partial charge in [0.2, 0.25) is 0 Å². The molecule has 0 radical (unpaired) electrons. The minimum atomic E-state index is 0.370. The van der Waals surface area contributed by atoms with Crippen LogP contribution in [0.25, 0.3) is 98.4 Å². The molecule has 0 aliphatic heterocycles. The minimum absolute atomic E-state index is 0.370. The van der Waals surface area contributed by atoms with E-state index in [9.17, 15) is 0 Å². The maximum Gasteiger partial charge on any atom is 0.159 e. The van der Waals surface area contributed by atoms with Crippen molar-refractivity contribution in [2.24, 2.45) is 0 Å². The molecule has 0 saturated heterocycles. The Morgan fingerprint density at radius 2 is 0.833 bits per heavy atom. The zero-order valence-electron chi connectivity index (χ0n) is 40.2. The fourth-order valence-electron chi connectivity index (χ4n) is 11.3. The Morgan fingerprint density at radius 3 is 1.43 bits per heavy atom. The summed E-state index contributed by atoms with van der Waals surface area (Å²) in [5.74, 6) is 0.370. The van der Waals surface area contributed by atoms with Crippen molar-refractivity contribution in [1.82, 2.24) is 0 Å². The van der Waals surface area contributed by atoms with Gasteiger partial charge in [0.05, 0.1) is 22.7 Å². The molecule has 0 aliphatic rings. The van der Waals surface area contributed by atoms with Gasteiger partial charge >= 0.3 is 0 Å². The van der Waals surface area contributed by atoms with Crippen LogP contribution in [0.2, 0.25) is 0 Å². The van der Waals surface area contributed by atoms with Gasteiger partial charge in [-0.25, -0.2) is 0 Å². The standard InChI is InChI=1S/C68H48N2O2/c1-42(2)50-37-48-33-35-56-61(69(51-22-14-21-46(39-51)44-17-6-4-7-18-44)58-27-15-25-54-52-23-10-12-29-63(52)71-67(54)58)41-62(57-36-34-49(38-50)65(48)66(56)57)70(60-40-47(32-31-43(60)3)45-19-8-5-9-20-45)59-28-16-26-55-53-24-11-13-30-64(53)72-68(55)59/h4-42H,1-3H3. The fraction of sp³-hybridized carbons (Fsp3) is 0.0588. The number of rotatable bonds is 9. The lowest BCUT2D eigenvalue weighted by Gasteiger charge is -2.33. The molecule has 12 aromatic carbocycles. The Kier molecular flexibility index (Phi) is 9.59. The molecule has 0 saturated carbocycles. The lowest BCUT2D eigenvalue weighted by atomic mass is 9.88. The number of furan rings is 2. The summed E-state index contributed by atoms with van der Waals surface area (Å²) in [6.07, 6.45) is 0. The average molecular weight is 925 g/mol. The van der Waals surface area contributed by atoms with Gasteiger partial charge in [0.15, 0.2) is 11.2 Å². The second-order valence-electron chi connectivity index (χ2n) is 19.5. The third kappa shape index (κ3) is 6.60. The lowest BCUT2D eigenvalue weighted by molar-refractivity contribution is 0.669. The quantitative estimate of drug-likeness (QED) is 0.135. The molecule has 0 N–H and O–H groups in total.